The van der Waals surface area contributed by atoms with Crippen molar-refractivity contribution in [1.82, 2.24) is 20.3 Å². The Hall–Kier alpha value is -3.78. The Labute approximate surface area is 215 Å². The molecule has 1 saturated heterocycles. The van der Waals surface area contributed by atoms with E-state index in [2.05, 4.69) is 25.6 Å². The molecule has 0 saturated carbocycles. The van der Waals surface area contributed by atoms with Crippen LogP contribution in [-0.4, -0.2) is 47.6 Å². The first-order chi connectivity index (χ1) is 17.7. The van der Waals surface area contributed by atoms with Gasteiger partial charge in [-0.05, 0) is 37.1 Å². The average molecular weight is 500 g/mol. The van der Waals surface area contributed by atoms with E-state index in [4.69, 9.17) is 9.72 Å². The molecule has 1 aliphatic heterocycles. The summed E-state index contributed by atoms with van der Waals surface area (Å²) in [6.45, 7) is 2.21. The Kier molecular flexibility index (Phi) is 7.52. The summed E-state index contributed by atoms with van der Waals surface area (Å²) in [6.07, 6.45) is 3.97. The van der Waals surface area contributed by atoms with E-state index in [-0.39, 0.29) is 11.8 Å². The minimum Gasteiger partial charge on any atom is -0.497 e. The molecule has 1 amide bonds. The van der Waals surface area contributed by atoms with Crippen molar-refractivity contribution >= 4 is 23.1 Å². The normalized spacial score (nSPS) is 14.0. The molecule has 0 bridgehead atoms. The number of rotatable bonds is 8. The Morgan fingerprint density at radius 2 is 1.83 bits per heavy atom. The van der Waals surface area contributed by atoms with Gasteiger partial charge in [0.2, 0.25) is 5.91 Å². The first kappa shape index (κ1) is 23.9. The van der Waals surface area contributed by atoms with Gasteiger partial charge in [-0.2, -0.15) is 0 Å². The zero-order valence-electron chi connectivity index (χ0n) is 20.3. The summed E-state index contributed by atoms with van der Waals surface area (Å²) in [5.41, 5.74) is 4.06. The van der Waals surface area contributed by atoms with Crippen molar-refractivity contribution in [2.24, 2.45) is 5.92 Å². The van der Waals surface area contributed by atoms with Crippen molar-refractivity contribution in [2.45, 2.75) is 19.3 Å². The lowest BCUT2D eigenvalue weighted by molar-refractivity contribution is -0.125. The number of amides is 1. The molecule has 4 aromatic rings. The summed E-state index contributed by atoms with van der Waals surface area (Å²) in [6, 6.07) is 20.1. The zero-order valence-corrected chi connectivity index (χ0v) is 21.1. The molecule has 1 aliphatic rings. The lowest BCUT2D eigenvalue weighted by atomic mass is 9.96. The summed E-state index contributed by atoms with van der Waals surface area (Å²) in [7, 11) is 1.66. The molecule has 0 radical (unpaired) electrons. The average Bonchev–Trinajstić information content (AvgIpc) is 3.42. The van der Waals surface area contributed by atoms with E-state index >= 15 is 0 Å². The number of thiazole rings is 1. The maximum Gasteiger partial charge on any atom is 0.223 e. The number of methoxy groups -OCH3 is 1. The molecule has 1 N–H and O–H groups in total. The van der Waals surface area contributed by atoms with Crippen molar-refractivity contribution in [1.29, 1.82) is 0 Å². The maximum absolute atomic E-state index is 12.8. The van der Waals surface area contributed by atoms with E-state index in [1.165, 1.54) is 0 Å². The van der Waals surface area contributed by atoms with Gasteiger partial charge in [0.1, 0.15) is 22.9 Å². The van der Waals surface area contributed by atoms with E-state index < -0.39 is 0 Å². The summed E-state index contributed by atoms with van der Waals surface area (Å²) in [5.74, 6) is 1.91. The van der Waals surface area contributed by atoms with E-state index in [9.17, 15) is 4.79 Å². The summed E-state index contributed by atoms with van der Waals surface area (Å²) < 4.78 is 5.22. The van der Waals surface area contributed by atoms with Gasteiger partial charge in [-0.3, -0.25) is 4.79 Å². The highest BCUT2D eigenvalue weighted by molar-refractivity contribution is 7.13. The number of piperidine rings is 1. The Balaban J connectivity index is 1.09. The molecule has 8 heteroatoms. The number of nitrogens with zero attached hydrogens (tertiary/aromatic N) is 4. The van der Waals surface area contributed by atoms with Crippen LogP contribution in [0.3, 0.4) is 0 Å². The number of anilines is 1. The van der Waals surface area contributed by atoms with E-state index in [0.717, 1.165) is 71.4 Å². The van der Waals surface area contributed by atoms with Crippen LogP contribution in [0.25, 0.3) is 21.8 Å². The van der Waals surface area contributed by atoms with Crippen LogP contribution < -0.4 is 15.0 Å². The van der Waals surface area contributed by atoms with Crippen molar-refractivity contribution in [3.63, 3.8) is 0 Å². The van der Waals surface area contributed by atoms with Crippen LogP contribution in [0.5, 0.6) is 5.75 Å². The van der Waals surface area contributed by atoms with Gasteiger partial charge in [-0.1, -0.05) is 30.3 Å². The second-order valence-corrected chi connectivity index (χ2v) is 9.66. The van der Waals surface area contributed by atoms with Gasteiger partial charge in [0.05, 0.1) is 18.5 Å². The third kappa shape index (κ3) is 5.71. The van der Waals surface area contributed by atoms with Crippen molar-refractivity contribution < 1.29 is 9.53 Å². The quantitative estimate of drug-likeness (QED) is 0.373. The lowest BCUT2D eigenvalue weighted by Gasteiger charge is -2.32. The molecular weight excluding hydrogens is 470 g/mol. The number of carbonyl (C=O) groups is 1. The van der Waals surface area contributed by atoms with Crippen molar-refractivity contribution in [2.75, 3.05) is 31.6 Å². The minimum atomic E-state index is 0.0296. The molecule has 3 heterocycles. The number of ether oxygens (including phenoxy) is 1. The summed E-state index contributed by atoms with van der Waals surface area (Å²) in [4.78, 5) is 28.6. The van der Waals surface area contributed by atoms with Gasteiger partial charge < -0.3 is 15.0 Å². The van der Waals surface area contributed by atoms with Crippen LogP contribution in [0.2, 0.25) is 0 Å². The SMILES string of the molecule is COc1ccc(-c2nc(CCNC(=O)C3CCN(c4cc(-c5ccccc5)ncn4)CC3)cs2)cc1. The number of hydrogen-bond donors (Lipinski definition) is 1. The van der Waals surface area contributed by atoms with Gasteiger partial charge in [-0.25, -0.2) is 15.0 Å². The Bertz CT molecular complexity index is 1280. The smallest absolute Gasteiger partial charge is 0.223 e. The number of carbonyl (C=O) groups excluding carboxylic acids is 1. The number of hydrogen-bond acceptors (Lipinski definition) is 7. The zero-order chi connectivity index (χ0) is 24.7. The highest BCUT2D eigenvalue weighted by atomic mass is 32.1. The van der Waals surface area contributed by atoms with Crippen LogP contribution in [-0.2, 0) is 11.2 Å². The molecule has 2 aromatic heterocycles. The van der Waals surface area contributed by atoms with E-state index in [0.29, 0.717) is 6.54 Å². The lowest BCUT2D eigenvalue weighted by Crippen LogP contribution is -2.41. The molecule has 2 aromatic carbocycles. The van der Waals surface area contributed by atoms with Gasteiger partial charge in [-0.15, -0.1) is 11.3 Å². The van der Waals surface area contributed by atoms with Gasteiger partial charge >= 0.3 is 0 Å². The third-order valence-electron chi connectivity index (χ3n) is 6.48. The first-order valence-corrected chi connectivity index (χ1v) is 13.1. The molecule has 184 valence electrons. The summed E-state index contributed by atoms with van der Waals surface area (Å²) >= 11 is 1.62. The highest BCUT2D eigenvalue weighted by Gasteiger charge is 2.25. The molecule has 7 nitrogen and oxygen atoms in total. The fraction of sp³-hybridized carbons (Fsp3) is 0.286. The van der Waals surface area contributed by atoms with Crippen LogP contribution in [0.4, 0.5) is 5.82 Å². The molecule has 0 atom stereocenters. The highest BCUT2D eigenvalue weighted by Crippen LogP contribution is 2.27. The topological polar surface area (TPSA) is 80.2 Å². The Morgan fingerprint density at radius 1 is 1.06 bits per heavy atom. The molecule has 0 spiro atoms. The standard InChI is InChI=1S/C28H29N5O2S/c1-35-24-9-7-22(8-10-24)28-32-23(18-36-28)11-14-29-27(34)21-12-15-33(16-13-21)26-17-25(30-19-31-26)20-5-3-2-4-6-20/h2-10,17-19,21H,11-16H2,1H3,(H,29,34). The molecule has 36 heavy (non-hydrogen) atoms. The molecule has 0 unspecified atom stereocenters. The number of aromatic nitrogens is 3. The number of benzene rings is 2. The number of nitrogens with one attached hydrogen (secondary N) is 1. The molecule has 5 rings (SSSR count). The van der Waals surface area contributed by atoms with Crippen molar-refractivity contribution in [3.8, 4) is 27.6 Å². The maximum atomic E-state index is 12.8. The van der Waals surface area contributed by atoms with E-state index in [1.54, 1.807) is 24.8 Å². The molecule has 0 aliphatic carbocycles. The fourth-order valence-corrected chi connectivity index (χ4v) is 5.26. The van der Waals surface area contributed by atoms with Crippen molar-refractivity contribution in [3.05, 3.63) is 78.1 Å². The first-order valence-electron chi connectivity index (χ1n) is 12.2. The minimum absolute atomic E-state index is 0.0296. The predicted molar refractivity (Wildman–Crippen MR) is 143 cm³/mol. The molecular formula is C28H29N5O2S. The van der Waals surface area contributed by atoms with Crippen LogP contribution in [0, 0.1) is 5.92 Å². The monoisotopic (exact) mass is 499 g/mol. The molecule has 1 fully saturated rings. The second kappa shape index (κ2) is 11.3. The largest absolute Gasteiger partial charge is 0.497 e. The summed E-state index contributed by atoms with van der Waals surface area (Å²) in [5, 5.41) is 6.16. The van der Waals surface area contributed by atoms with E-state index in [1.807, 2.05) is 60.7 Å². The van der Waals surface area contributed by atoms with Gasteiger partial charge in [0.25, 0.3) is 0 Å². The van der Waals surface area contributed by atoms with Crippen LogP contribution in [0.1, 0.15) is 18.5 Å². The predicted octanol–water partition coefficient (Wildman–Crippen LogP) is 4.85. The van der Waals surface area contributed by atoms with Gasteiger partial charge in [0.15, 0.2) is 0 Å². The second-order valence-electron chi connectivity index (χ2n) is 8.80. The van der Waals surface area contributed by atoms with Crippen LogP contribution >= 0.6 is 11.3 Å². The van der Waals surface area contributed by atoms with Crippen LogP contribution in [0.15, 0.2) is 72.4 Å². The van der Waals surface area contributed by atoms with Gasteiger partial charge in [0, 0.05) is 54.5 Å². The third-order valence-corrected chi connectivity index (χ3v) is 7.42. The fourth-order valence-electron chi connectivity index (χ4n) is 4.40. The Morgan fingerprint density at radius 3 is 2.58 bits per heavy atom.